The van der Waals surface area contributed by atoms with Gasteiger partial charge in [0.1, 0.15) is 18.2 Å². The number of carbonyl (C=O) groups excluding carboxylic acids is 1. The summed E-state index contributed by atoms with van der Waals surface area (Å²) in [7, 11) is 0. The van der Waals surface area contributed by atoms with E-state index in [-0.39, 0.29) is 11.5 Å². The molecule has 0 unspecified atom stereocenters. The first-order chi connectivity index (χ1) is 16.2. The molecule has 1 fully saturated rings. The molecule has 0 spiro atoms. The molecular weight excluding hydrogens is 420 g/mol. The second kappa shape index (κ2) is 11.6. The Balaban J connectivity index is 1.18. The Morgan fingerprint density at radius 2 is 2.00 bits per heavy atom. The molecule has 3 aromatic rings. The Bertz CT molecular complexity index is 1120. The lowest BCUT2D eigenvalue weighted by atomic mass is 10.2. The zero-order valence-electron chi connectivity index (χ0n) is 18.7. The maximum atomic E-state index is 12.3. The number of para-hydroxylation sites is 1. The molecule has 174 valence electrons. The number of benzene rings is 2. The average Bonchev–Trinajstić information content (AvgIpc) is 2.84. The van der Waals surface area contributed by atoms with E-state index >= 15 is 0 Å². The molecule has 0 atom stereocenters. The first kappa shape index (κ1) is 22.9. The van der Waals surface area contributed by atoms with Gasteiger partial charge in [0.15, 0.2) is 0 Å². The monoisotopic (exact) mass is 450 g/mol. The van der Waals surface area contributed by atoms with Crippen LogP contribution in [-0.4, -0.2) is 60.2 Å². The molecule has 4 rings (SSSR count). The molecule has 1 saturated heterocycles. The highest BCUT2D eigenvalue weighted by atomic mass is 16.5. The number of nitrogens with one attached hydrogen (secondary N) is 2. The van der Waals surface area contributed by atoms with Crippen LogP contribution in [-0.2, 0) is 22.5 Å². The number of hydrogen-bond donors (Lipinski definition) is 2. The summed E-state index contributed by atoms with van der Waals surface area (Å²) in [4.78, 5) is 34.0. The van der Waals surface area contributed by atoms with Crippen LogP contribution in [0.1, 0.15) is 24.2 Å². The van der Waals surface area contributed by atoms with Gasteiger partial charge < -0.3 is 19.8 Å². The van der Waals surface area contributed by atoms with E-state index in [1.165, 1.54) is 0 Å². The molecule has 1 amide bonds. The summed E-state index contributed by atoms with van der Waals surface area (Å²) >= 11 is 0. The molecule has 0 saturated carbocycles. The van der Waals surface area contributed by atoms with Crippen LogP contribution >= 0.6 is 0 Å². The minimum Gasteiger partial charge on any atom is -0.492 e. The standard InChI is InChI=1S/C25H30N4O4/c30-24(10-4-9-23-27-22-8-2-1-7-21(22)25(31)28-23)26-18-19-5-3-6-20(17-19)33-16-13-29-11-14-32-15-12-29/h1-3,5-8,17H,4,9-16,18H2,(H,26,30)(H,27,28,31). The first-order valence-electron chi connectivity index (χ1n) is 11.4. The molecule has 0 aliphatic carbocycles. The van der Waals surface area contributed by atoms with E-state index in [2.05, 4.69) is 20.2 Å². The van der Waals surface area contributed by atoms with Crippen LogP contribution in [0.3, 0.4) is 0 Å². The van der Waals surface area contributed by atoms with E-state index in [9.17, 15) is 9.59 Å². The van der Waals surface area contributed by atoms with Crippen LogP contribution in [0.2, 0.25) is 0 Å². The van der Waals surface area contributed by atoms with Gasteiger partial charge >= 0.3 is 0 Å². The number of aryl methyl sites for hydroxylation is 1. The number of nitrogens with zero attached hydrogens (tertiary/aromatic N) is 2. The summed E-state index contributed by atoms with van der Waals surface area (Å²) in [5.41, 5.74) is 1.52. The van der Waals surface area contributed by atoms with Crippen molar-refractivity contribution >= 4 is 16.8 Å². The van der Waals surface area contributed by atoms with Crippen molar-refractivity contribution in [3.05, 3.63) is 70.3 Å². The summed E-state index contributed by atoms with van der Waals surface area (Å²) in [6, 6.07) is 15.0. The van der Waals surface area contributed by atoms with Crippen molar-refractivity contribution in [3.8, 4) is 5.75 Å². The van der Waals surface area contributed by atoms with Crippen molar-refractivity contribution in [1.29, 1.82) is 0 Å². The summed E-state index contributed by atoms with van der Waals surface area (Å²) in [5, 5.41) is 3.53. The van der Waals surface area contributed by atoms with E-state index in [0.717, 1.165) is 44.2 Å². The highest BCUT2D eigenvalue weighted by Crippen LogP contribution is 2.14. The number of aromatic amines is 1. The number of H-pyrrole nitrogens is 1. The van der Waals surface area contributed by atoms with Gasteiger partial charge in [-0.05, 0) is 36.2 Å². The van der Waals surface area contributed by atoms with Gasteiger partial charge in [0.2, 0.25) is 5.91 Å². The minimum atomic E-state index is -0.146. The summed E-state index contributed by atoms with van der Waals surface area (Å²) in [5.74, 6) is 1.38. The Morgan fingerprint density at radius 3 is 2.88 bits per heavy atom. The van der Waals surface area contributed by atoms with Crippen LogP contribution < -0.4 is 15.6 Å². The van der Waals surface area contributed by atoms with Crippen molar-refractivity contribution in [2.45, 2.75) is 25.8 Å². The number of ether oxygens (including phenoxy) is 2. The fourth-order valence-electron chi connectivity index (χ4n) is 3.82. The molecular formula is C25H30N4O4. The lowest BCUT2D eigenvalue weighted by molar-refractivity contribution is -0.121. The normalized spacial score (nSPS) is 14.3. The molecule has 33 heavy (non-hydrogen) atoms. The third-order valence-electron chi connectivity index (χ3n) is 5.65. The Hall–Kier alpha value is -3.23. The predicted octanol–water partition coefficient (Wildman–Crippen LogP) is 2.27. The second-order valence-corrected chi connectivity index (χ2v) is 8.11. The SMILES string of the molecule is O=C(CCCc1nc2ccccc2c(=O)[nH]1)NCc1cccc(OCCN2CCOCC2)c1. The van der Waals surface area contributed by atoms with Gasteiger partial charge in [-0.25, -0.2) is 4.98 Å². The molecule has 0 bridgehead atoms. The zero-order chi connectivity index (χ0) is 22.9. The van der Waals surface area contributed by atoms with Gasteiger partial charge in [-0.15, -0.1) is 0 Å². The van der Waals surface area contributed by atoms with E-state index in [4.69, 9.17) is 9.47 Å². The van der Waals surface area contributed by atoms with E-state index < -0.39 is 0 Å². The number of morpholine rings is 1. The zero-order valence-corrected chi connectivity index (χ0v) is 18.7. The van der Waals surface area contributed by atoms with Gasteiger partial charge in [-0.3, -0.25) is 14.5 Å². The molecule has 2 N–H and O–H groups in total. The van der Waals surface area contributed by atoms with Crippen molar-refractivity contribution in [3.63, 3.8) is 0 Å². The summed E-state index contributed by atoms with van der Waals surface area (Å²) < 4.78 is 11.2. The summed E-state index contributed by atoms with van der Waals surface area (Å²) in [6.07, 6.45) is 1.52. The van der Waals surface area contributed by atoms with Crippen LogP contribution in [0.15, 0.2) is 53.3 Å². The van der Waals surface area contributed by atoms with Crippen LogP contribution in [0.4, 0.5) is 0 Å². The van der Waals surface area contributed by atoms with E-state index in [1.54, 1.807) is 6.07 Å². The minimum absolute atomic E-state index is 0.0308. The molecule has 2 heterocycles. The number of amides is 1. The maximum Gasteiger partial charge on any atom is 0.258 e. The highest BCUT2D eigenvalue weighted by Gasteiger charge is 2.10. The predicted molar refractivity (Wildman–Crippen MR) is 126 cm³/mol. The number of hydrogen-bond acceptors (Lipinski definition) is 6. The molecule has 8 heteroatoms. The van der Waals surface area contributed by atoms with Crippen LogP contribution in [0.5, 0.6) is 5.75 Å². The van der Waals surface area contributed by atoms with Crippen molar-refractivity contribution < 1.29 is 14.3 Å². The van der Waals surface area contributed by atoms with E-state index in [0.29, 0.717) is 49.1 Å². The number of aromatic nitrogens is 2. The van der Waals surface area contributed by atoms with Crippen molar-refractivity contribution in [1.82, 2.24) is 20.2 Å². The van der Waals surface area contributed by atoms with Crippen molar-refractivity contribution in [2.75, 3.05) is 39.5 Å². The maximum absolute atomic E-state index is 12.3. The quantitative estimate of drug-likeness (QED) is 0.492. The Labute approximate surface area is 192 Å². The van der Waals surface area contributed by atoms with Crippen LogP contribution in [0.25, 0.3) is 10.9 Å². The van der Waals surface area contributed by atoms with Gasteiger partial charge in [0, 0.05) is 39.0 Å². The largest absolute Gasteiger partial charge is 0.492 e. The lowest BCUT2D eigenvalue weighted by Crippen LogP contribution is -2.38. The van der Waals surface area contributed by atoms with Crippen LogP contribution in [0, 0.1) is 0 Å². The molecule has 1 aliphatic rings. The van der Waals surface area contributed by atoms with Crippen molar-refractivity contribution in [2.24, 2.45) is 0 Å². The smallest absolute Gasteiger partial charge is 0.258 e. The molecule has 8 nitrogen and oxygen atoms in total. The topological polar surface area (TPSA) is 96.5 Å². The molecule has 0 radical (unpaired) electrons. The first-order valence-corrected chi connectivity index (χ1v) is 11.4. The van der Waals surface area contributed by atoms with Gasteiger partial charge in [0.25, 0.3) is 5.56 Å². The fraction of sp³-hybridized carbons (Fsp3) is 0.400. The molecule has 2 aromatic carbocycles. The third kappa shape index (κ3) is 6.87. The average molecular weight is 451 g/mol. The van der Waals surface area contributed by atoms with Gasteiger partial charge in [0.05, 0.1) is 24.1 Å². The number of rotatable bonds is 10. The number of carbonyl (C=O) groups is 1. The lowest BCUT2D eigenvalue weighted by Gasteiger charge is -2.26. The molecule has 1 aliphatic heterocycles. The Morgan fingerprint density at radius 1 is 1.15 bits per heavy atom. The second-order valence-electron chi connectivity index (χ2n) is 8.11. The van der Waals surface area contributed by atoms with E-state index in [1.807, 2.05) is 42.5 Å². The summed E-state index contributed by atoms with van der Waals surface area (Å²) in [6.45, 7) is 5.41. The Kier molecular flexibility index (Phi) is 8.05. The van der Waals surface area contributed by atoms with Gasteiger partial charge in [-0.2, -0.15) is 0 Å². The third-order valence-corrected chi connectivity index (χ3v) is 5.65. The van der Waals surface area contributed by atoms with Gasteiger partial charge in [-0.1, -0.05) is 24.3 Å². The fourth-order valence-corrected chi connectivity index (χ4v) is 3.82. The highest BCUT2D eigenvalue weighted by molar-refractivity contribution is 5.77. The molecule has 1 aromatic heterocycles. The number of fused-ring (bicyclic) bond motifs is 1.